The lowest BCUT2D eigenvalue weighted by Gasteiger charge is -2.12. The molecule has 26 heavy (non-hydrogen) atoms. The second kappa shape index (κ2) is 12.8. The van der Waals surface area contributed by atoms with E-state index in [-0.39, 0.29) is 29.5 Å². The molecule has 2 aromatic rings. The van der Waals surface area contributed by atoms with Crippen LogP contribution in [0.2, 0.25) is 5.02 Å². The lowest BCUT2D eigenvalue weighted by molar-refractivity contribution is 0.585. The molecule has 1 aromatic carbocycles. The minimum Gasteiger partial charge on any atom is -0.356 e. The number of halogens is 2. The van der Waals surface area contributed by atoms with Gasteiger partial charge in [0.2, 0.25) is 5.56 Å². The first-order valence-corrected chi connectivity index (χ1v) is 8.92. The quantitative estimate of drug-likeness (QED) is 0.259. The summed E-state index contributed by atoms with van der Waals surface area (Å²) in [6, 6.07) is 13.1. The number of pyridine rings is 1. The third-order valence-electron chi connectivity index (χ3n) is 3.89. The summed E-state index contributed by atoms with van der Waals surface area (Å²) in [5.41, 5.74) is 1.17. The standard InChI is InChI=1S/C19H25ClN4O.HI/c1-21-19(23-13-11-16-8-2-3-9-17(16)20)22-12-5-7-15-24-14-6-4-10-18(24)25;/h2-4,6,8-10,14H,5,7,11-13,15H2,1H3,(H2,21,22,23);1H. The van der Waals surface area contributed by atoms with Crippen molar-refractivity contribution in [2.45, 2.75) is 25.8 Å². The fourth-order valence-electron chi connectivity index (χ4n) is 2.50. The average molecular weight is 489 g/mol. The van der Waals surface area contributed by atoms with Gasteiger partial charge in [-0.15, -0.1) is 24.0 Å². The smallest absolute Gasteiger partial charge is 0.250 e. The van der Waals surface area contributed by atoms with Gasteiger partial charge in [0.25, 0.3) is 0 Å². The summed E-state index contributed by atoms with van der Waals surface area (Å²) < 4.78 is 1.73. The van der Waals surface area contributed by atoms with Crippen LogP contribution < -0.4 is 16.2 Å². The number of nitrogens with zero attached hydrogens (tertiary/aromatic N) is 2. The second-order valence-corrected chi connectivity index (χ2v) is 6.11. The van der Waals surface area contributed by atoms with E-state index in [9.17, 15) is 4.79 Å². The van der Waals surface area contributed by atoms with Crippen LogP contribution >= 0.6 is 35.6 Å². The molecule has 0 aliphatic heterocycles. The lowest BCUT2D eigenvalue weighted by atomic mass is 10.1. The fourth-order valence-corrected chi connectivity index (χ4v) is 2.73. The normalized spacial score (nSPS) is 10.9. The van der Waals surface area contributed by atoms with Crippen molar-refractivity contribution in [1.82, 2.24) is 15.2 Å². The van der Waals surface area contributed by atoms with Crippen molar-refractivity contribution in [1.29, 1.82) is 0 Å². The molecular weight excluding hydrogens is 463 g/mol. The fraction of sp³-hybridized carbons (Fsp3) is 0.368. The van der Waals surface area contributed by atoms with Crippen LogP contribution in [0, 0.1) is 0 Å². The third kappa shape index (κ3) is 7.78. The Morgan fingerprint density at radius 1 is 1.08 bits per heavy atom. The molecule has 2 N–H and O–H groups in total. The van der Waals surface area contributed by atoms with Crippen molar-refractivity contribution in [3.63, 3.8) is 0 Å². The van der Waals surface area contributed by atoms with Crippen LogP contribution in [-0.2, 0) is 13.0 Å². The second-order valence-electron chi connectivity index (χ2n) is 5.71. The number of rotatable bonds is 8. The van der Waals surface area contributed by atoms with E-state index >= 15 is 0 Å². The van der Waals surface area contributed by atoms with Crippen LogP contribution in [-0.4, -0.2) is 30.7 Å². The zero-order valence-corrected chi connectivity index (χ0v) is 18.0. The number of unbranched alkanes of at least 4 members (excludes halogenated alkanes) is 1. The summed E-state index contributed by atoms with van der Waals surface area (Å²) in [7, 11) is 1.76. The first-order valence-electron chi connectivity index (χ1n) is 8.54. The maximum atomic E-state index is 11.6. The largest absolute Gasteiger partial charge is 0.356 e. The molecule has 0 saturated heterocycles. The Balaban J connectivity index is 0.00000338. The molecule has 0 bridgehead atoms. The van der Waals surface area contributed by atoms with Crippen LogP contribution in [0.25, 0.3) is 0 Å². The number of aryl methyl sites for hydroxylation is 1. The molecule has 5 nitrogen and oxygen atoms in total. The van der Waals surface area contributed by atoms with Crippen molar-refractivity contribution < 1.29 is 0 Å². The van der Waals surface area contributed by atoms with Crippen molar-refractivity contribution >= 4 is 41.5 Å². The number of benzene rings is 1. The summed E-state index contributed by atoms with van der Waals surface area (Å²) in [6.45, 7) is 2.32. The Morgan fingerprint density at radius 3 is 2.54 bits per heavy atom. The van der Waals surface area contributed by atoms with Crippen LogP contribution in [0.3, 0.4) is 0 Å². The predicted molar refractivity (Wildman–Crippen MR) is 120 cm³/mol. The summed E-state index contributed by atoms with van der Waals surface area (Å²) in [5.74, 6) is 0.781. The van der Waals surface area contributed by atoms with Crippen molar-refractivity contribution in [2.75, 3.05) is 20.1 Å². The van der Waals surface area contributed by atoms with Crippen LogP contribution in [0.1, 0.15) is 18.4 Å². The van der Waals surface area contributed by atoms with Gasteiger partial charge in [0.1, 0.15) is 0 Å². The molecule has 0 saturated carbocycles. The molecule has 0 fully saturated rings. The van der Waals surface area contributed by atoms with Crippen molar-refractivity contribution in [2.24, 2.45) is 4.99 Å². The molecule has 1 heterocycles. The third-order valence-corrected chi connectivity index (χ3v) is 4.25. The molecule has 0 aliphatic rings. The van der Waals surface area contributed by atoms with E-state index in [2.05, 4.69) is 15.6 Å². The first-order chi connectivity index (χ1) is 12.2. The van der Waals surface area contributed by atoms with Crippen molar-refractivity contribution in [3.05, 3.63) is 69.6 Å². The minimum absolute atomic E-state index is 0. The summed E-state index contributed by atoms with van der Waals surface area (Å²) in [5, 5.41) is 7.37. The number of aromatic nitrogens is 1. The Bertz CT molecular complexity index is 748. The molecule has 0 radical (unpaired) electrons. The molecule has 1 aromatic heterocycles. The Labute approximate surface area is 176 Å². The lowest BCUT2D eigenvalue weighted by Crippen LogP contribution is -2.38. The maximum absolute atomic E-state index is 11.6. The van der Waals surface area contributed by atoms with E-state index < -0.39 is 0 Å². The molecule has 7 heteroatoms. The van der Waals surface area contributed by atoms with Gasteiger partial charge in [0.05, 0.1) is 0 Å². The monoisotopic (exact) mass is 488 g/mol. The molecule has 0 aliphatic carbocycles. The number of nitrogens with one attached hydrogen (secondary N) is 2. The number of hydrogen-bond acceptors (Lipinski definition) is 2. The zero-order valence-electron chi connectivity index (χ0n) is 15.0. The van der Waals surface area contributed by atoms with E-state index in [1.807, 2.05) is 36.5 Å². The summed E-state index contributed by atoms with van der Waals surface area (Å²) in [4.78, 5) is 15.8. The maximum Gasteiger partial charge on any atom is 0.250 e. The highest BCUT2D eigenvalue weighted by atomic mass is 127. The molecule has 0 spiro atoms. The Kier molecular flexibility index (Phi) is 11.0. The van der Waals surface area contributed by atoms with Gasteiger partial charge in [-0.2, -0.15) is 0 Å². The molecule has 142 valence electrons. The van der Waals surface area contributed by atoms with Crippen molar-refractivity contribution in [3.8, 4) is 0 Å². The zero-order chi connectivity index (χ0) is 17.9. The molecular formula is C19H26ClIN4O. The van der Waals surface area contributed by atoms with E-state index in [4.69, 9.17) is 11.6 Å². The van der Waals surface area contributed by atoms with Crippen LogP contribution in [0.15, 0.2) is 58.4 Å². The highest BCUT2D eigenvalue weighted by Gasteiger charge is 2.01. The van der Waals surface area contributed by atoms with E-state index in [0.717, 1.165) is 55.4 Å². The SMILES string of the molecule is CN=C(NCCCCn1ccccc1=O)NCCc1ccccc1Cl.I. The summed E-state index contributed by atoms with van der Waals surface area (Å²) >= 11 is 6.16. The van der Waals surface area contributed by atoms with Gasteiger partial charge < -0.3 is 15.2 Å². The van der Waals surface area contributed by atoms with Gasteiger partial charge >= 0.3 is 0 Å². The molecule has 0 atom stereocenters. The Hall–Kier alpha value is -1.54. The highest BCUT2D eigenvalue weighted by Crippen LogP contribution is 2.14. The van der Waals surface area contributed by atoms with E-state index in [1.54, 1.807) is 23.7 Å². The van der Waals surface area contributed by atoms with Gasteiger partial charge in [-0.25, -0.2) is 0 Å². The first kappa shape index (κ1) is 22.5. The van der Waals surface area contributed by atoms with Crippen LogP contribution in [0.5, 0.6) is 0 Å². The number of guanidine groups is 1. The number of hydrogen-bond donors (Lipinski definition) is 2. The molecule has 2 rings (SSSR count). The Morgan fingerprint density at radius 2 is 1.81 bits per heavy atom. The van der Waals surface area contributed by atoms with Gasteiger partial charge in [0.15, 0.2) is 5.96 Å². The summed E-state index contributed by atoms with van der Waals surface area (Å²) in [6.07, 6.45) is 4.57. The topological polar surface area (TPSA) is 58.4 Å². The van der Waals surface area contributed by atoms with Gasteiger partial charge in [-0.05, 0) is 37.0 Å². The highest BCUT2D eigenvalue weighted by molar-refractivity contribution is 14.0. The van der Waals surface area contributed by atoms with E-state index in [1.165, 1.54) is 0 Å². The van der Waals surface area contributed by atoms with Gasteiger partial charge in [0, 0.05) is 44.0 Å². The van der Waals surface area contributed by atoms with Gasteiger partial charge in [-0.3, -0.25) is 9.79 Å². The van der Waals surface area contributed by atoms with Crippen LogP contribution in [0.4, 0.5) is 0 Å². The molecule has 0 amide bonds. The van der Waals surface area contributed by atoms with E-state index in [0.29, 0.717) is 0 Å². The average Bonchev–Trinajstić information content (AvgIpc) is 2.63. The number of aliphatic imine (C=N–C) groups is 1. The van der Waals surface area contributed by atoms with Gasteiger partial charge in [-0.1, -0.05) is 35.9 Å². The minimum atomic E-state index is 0. The molecule has 0 unspecified atom stereocenters. The predicted octanol–water partition coefficient (Wildman–Crippen LogP) is 3.31.